The number of rotatable bonds is 7. The van der Waals surface area contributed by atoms with Crippen LogP contribution < -0.4 is 10.9 Å². The molecule has 0 saturated carbocycles. The summed E-state index contributed by atoms with van der Waals surface area (Å²) >= 11 is 0. The van der Waals surface area contributed by atoms with Gasteiger partial charge in [0.25, 0.3) is 5.56 Å². The molecule has 0 radical (unpaired) electrons. The predicted molar refractivity (Wildman–Crippen MR) is 110 cm³/mol. The third kappa shape index (κ3) is 4.51. The highest BCUT2D eigenvalue weighted by Crippen LogP contribution is 2.19. The second-order valence-electron chi connectivity index (χ2n) is 7.32. The van der Waals surface area contributed by atoms with E-state index in [2.05, 4.69) is 10.3 Å². The van der Waals surface area contributed by atoms with Crippen LogP contribution in [0.5, 0.6) is 0 Å². The van der Waals surface area contributed by atoms with Crippen LogP contribution in [-0.2, 0) is 9.59 Å². The van der Waals surface area contributed by atoms with E-state index in [9.17, 15) is 19.5 Å². The number of benzene rings is 2. The lowest BCUT2D eigenvalue weighted by Gasteiger charge is -2.23. The average molecular weight is 393 g/mol. The number of hydrogen-bond acceptors (Lipinski definition) is 4. The van der Waals surface area contributed by atoms with Gasteiger partial charge in [-0.15, -0.1) is 0 Å². The lowest BCUT2D eigenvalue weighted by Crippen LogP contribution is -2.46. The first-order valence-electron chi connectivity index (χ1n) is 9.42. The van der Waals surface area contributed by atoms with Crippen LogP contribution in [0.25, 0.3) is 10.9 Å². The van der Waals surface area contributed by atoms with Crippen LogP contribution in [0.1, 0.15) is 31.9 Å². The number of carbonyl (C=O) groups excluding carboxylic acids is 1. The molecule has 1 aromatic heterocycles. The standard InChI is InChI=1S/C22H23N3O4/c1-14(2)12-18(22(28)29)24-20(26)19(15-8-4-3-5-9-15)25-13-23-17-11-7-6-10-16(17)21(25)27/h3-11,13-14,18-19H,12H2,1-2H3,(H,24,26)(H,28,29). The van der Waals surface area contributed by atoms with Gasteiger partial charge in [0.2, 0.25) is 5.91 Å². The molecule has 0 aliphatic rings. The SMILES string of the molecule is CC(C)CC(NC(=O)C(c1ccccc1)n1cnc2ccccc2c1=O)C(=O)O. The van der Waals surface area contributed by atoms with Gasteiger partial charge in [0.1, 0.15) is 12.1 Å². The van der Waals surface area contributed by atoms with Crippen LogP contribution in [0.3, 0.4) is 0 Å². The zero-order chi connectivity index (χ0) is 21.0. The highest BCUT2D eigenvalue weighted by molar-refractivity contribution is 5.88. The van der Waals surface area contributed by atoms with Gasteiger partial charge in [0, 0.05) is 0 Å². The third-order valence-electron chi connectivity index (χ3n) is 4.65. The summed E-state index contributed by atoms with van der Waals surface area (Å²) < 4.78 is 1.25. The van der Waals surface area contributed by atoms with E-state index in [1.165, 1.54) is 10.9 Å². The van der Waals surface area contributed by atoms with Crippen LogP contribution >= 0.6 is 0 Å². The second kappa shape index (κ2) is 8.68. The van der Waals surface area contributed by atoms with Crippen molar-refractivity contribution >= 4 is 22.8 Å². The number of carboxylic acid groups (broad SMARTS) is 1. The van der Waals surface area contributed by atoms with Gasteiger partial charge in [-0.05, 0) is 30.0 Å². The fourth-order valence-electron chi connectivity index (χ4n) is 3.28. The van der Waals surface area contributed by atoms with E-state index in [0.29, 0.717) is 16.5 Å². The molecule has 7 nitrogen and oxygen atoms in total. The summed E-state index contributed by atoms with van der Waals surface area (Å²) in [5.74, 6) is -1.59. The van der Waals surface area contributed by atoms with Crippen LogP contribution in [-0.4, -0.2) is 32.6 Å². The maximum absolute atomic E-state index is 13.2. The molecule has 1 amide bonds. The summed E-state index contributed by atoms with van der Waals surface area (Å²) in [6.45, 7) is 3.77. The molecule has 2 atom stereocenters. The summed E-state index contributed by atoms with van der Waals surface area (Å²) in [5, 5.41) is 12.5. The van der Waals surface area contributed by atoms with E-state index in [-0.39, 0.29) is 17.9 Å². The van der Waals surface area contributed by atoms with E-state index in [1.54, 1.807) is 54.6 Å². The average Bonchev–Trinajstić information content (AvgIpc) is 2.70. The van der Waals surface area contributed by atoms with Gasteiger partial charge in [0.15, 0.2) is 0 Å². The highest BCUT2D eigenvalue weighted by atomic mass is 16.4. The maximum Gasteiger partial charge on any atom is 0.326 e. The summed E-state index contributed by atoms with van der Waals surface area (Å²) in [6, 6.07) is 13.6. The van der Waals surface area contributed by atoms with Crippen molar-refractivity contribution in [2.45, 2.75) is 32.4 Å². The van der Waals surface area contributed by atoms with Crippen LogP contribution in [0, 0.1) is 5.92 Å². The van der Waals surface area contributed by atoms with Gasteiger partial charge in [-0.1, -0.05) is 56.3 Å². The van der Waals surface area contributed by atoms with Crippen molar-refractivity contribution in [3.05, 3.63) is 76.8 Å². The summed E-state index contributed by atoms with van der Waals surface area (Å²) in [7, 11) is 0. The molecule has 0 fully saturated rings. The number of nitrogens with one attached hydrogen (secondary N) is 1. The molecule has 3 aromatic rings. The molecular formula is C22H23N3O4. The Bertz CT molecular complexity index is 1080. The lowest BCUT2D eigenvalue weighted by molar-refractivity contribution is -0.142. The number of aromatic nitrogens is 2. The summed E-state index contributed by atoms with van der Waals surface area (Å²) in [5.41, 5.74) is 0.734. The molecular weight excluding hydrogens is 370 g/mol. The van der Waals surface area contributed by atoms with Gasteiger partial charge < -0.3 is 10.4 Å². The van der Waals surface area contributed by atoms with Crippen LogP contribution in [0.4, 0.5) is 0 Å². The van der Waals surface area contributed by atoms with Gasteiger partial charge in [-0.3, -0.25) is 14.2 Å². The minimum absolute atomic E-state index is 0.0802. The summed E-state index contributed by atoms with van der Waals surface area (Å²) in [6.07, 6.45) is 1.62. The van der Waals surface area contributed by atoms with Crippen molar-refractivity contribution in [1.29, 1.82) is 0 Å². The van der Waals surface area contributed by atoms with Crippen LogP contribution in [0.15, 0.2) is 65.7 Å². The Labute approximate surface area is 168 Å². The highest BCUT2D eigenvalue weighted by Gasteiger charge is 2.29. The Morgan fingerprint density at radius 1 is 1.07 bits per heavy atom. The number of para-hydroxylation sites is 1. The normalized spacial score (nSPS) is 13.2. The number of fused-ring (bicyclic) bond motifs is 1. The zero-order valence-electron chi connectivity index (χ0n) is 16.3. The number of carboxylic acids is 1. The molecule has 3 rings (SSSR count). The Morgan fingerprint density at radius 2 is 1.72 bits per heavy atom. The molecule has 1 heterocycles. The van der Waals surface area contributed by atoms with Crippen LogP contribution in [0.2, 0.25) is 0 Å². The lowest BCUT2D eigenvalue weighted by atomic mass is 10.0. The maximum atomic E-state index is 13.2. The third-order valence-corrected chi connectivity index (χ3v) is 4.65. The smallest absolute Gasteiger partial charge is 0.326 e. The minimum atomic E-state index is -1.11. The molecule has 0 spiro atoms. The number of hydrogen-bond donors (Lipinski definition) is 2. The van der Waals surface area contributed by atoms with Crippen molar-refractivity contribution < 1.29 is 14.7 Å². The molecule has 0 saturated heterocycles. The van der Waals surface area contributed by atoms with E-state index >= 15 is 0 Å². The van der Waals surface area contributed by atoms with Crippen molar-refractivity contribution in [2.75, 3.05) is 0 Å². The molecule has 2 aromatic carbocycles. The van der Waals surface area contributed by atoms with Crippen molar-refractivity contribution in [3.63, 3.8) is 0 Å². The largest absolute Gasteiger partial charge is 0.480 e. The Morgan fingerprint density at radius 3 is 2.38 bits per heavy atom. The van der Waals surface area contributed by atoms with Crippen molar-refractivity contribution in [2.24, 2.45) is 5.92 Å². The topological polar surface area (TPSA) is 101 Å². The number of aliphatic carboxylic acids is 1. The molecule has 7 heteroatoms. The summed E-state index contributed by atoms with van der Waals surface area (Å²) in [4.78, 5) is 42.2. The minimum Gasteiger partial charge on any atom is -0.480 e. The molecule has 0 aliphatic heterocycles. The van der Waals surface area contributed by atoms with E-state index in [4.69, 9.17) is 0 Å². The van der Waals surface area contributed by atoms with Gasteiger partial charge >= 0.3 is 5.97 Å². The first kappa shape index (κ1) is 20.3. The number of carbonyl (C=O) groups is 2. The Hall–Kier alpha value is -3.48. The van der Waals surface area contributed by atoms with Gasteiger partial charge in [-0.2, -0.15) is 0 Å². The van der Waals surface area contributed by atoms with Gasteiger partial charge in [0.05, 0.1) is 17.2 Å². The van der Waals surface area contributed by atoms with Crippen molar-refractivity contribution in [1.82, 2.24) is 14.9 Å². The Balaban J connectivity index is 2.07. The van der Waals surface area contributed by atoms with E-state index < -0.39 is 24.0 Å². The predicted octanol–water partition coefficient (Wildman–Crippen LogP) is 2.60. The molecule has 29 heavy (non-hydrogen) atoms. The van der Waals surface area contributed by atoms with E-state index in [1.807, 2.05) is 13.8 Å². The first-order chi connectivity index (χ1) is 13.9. The first-order valence-corrected chi connectivity index (χ1v) is 9.42. The molecule has 150 valence electrons. The Kier molecular flexibility index (Phi) is 6.07. The molecule has 2 N–H and O–H groups in total. The fourth-order valence-corrected chi connectivity index (χ4v) is 3.28. The second-order valence-corrected chi connectivity index (χ2v) is 7.32. The molecule has 2 unspecified atom stereocenters. The molecule has 0 bridgehead atoms. The van der Waals surface area contributed by atoms with Gasteiger partial charge in [-0.25, -0.2) is 9.78 Å². The quantitative estimate of drug-likeness (QED) is 0.643. The van der Waals surface area contributed by atoms with Crippen molar-refractivity contribution in [3.8, 4) is 0 Å². The monoisotopic (exact) mass is 393 g/mol. The number of nitrogens with zero attached hydrogens (tertiary/aromatic N) is 2. The zero-order valence-corrected chi connectivity index (χ0v) is 16.3. The number of amides is 1. The van der Waals surface area contributed by atoms with E-state index in [0.717, 1.165) is 0 Å². The molecule has 0 aliphatic carbocycles. The fraction of sp³-hybridized carbons (Fsp3) is 0.273.